The van der Waals surface area contributed by atoms with E-state index in [1.54, 1.807) is 11.8 Å². The van der Waals surface area contributed by atoms with Gasteiger partial charge in [0, 0.05) is 15.9 Å². The zero-order chi connectivity index (χ0) is 11.4. The third kappa shape index (κ3) is 2.96. The Kier molecular flexibility index (Phi) is 4.63. The molecule has 0 aliphatic rings. The van der Waals surface area contributed by atoms with Crippen LogP contribution < -0.4 is 5.73 Å². The Bertz CT molecular complexity index is 370. The molecule has 1 atom stereocenters. The summed E-state index contributed by atoms with van der Waals surface area (Å²) in [5, 5.41) is 8.94. The van der Waals surface area contributed by atoms with Gasteiger partial charge in [-0.25, -0.2) is 0 Å². The fourth-order valence-electron chi connectivity index (χ4n) is 1.28. The van der Waals surface area contributed by atoms with E-state index in [4.69, 9.17) is 10.8 Å². The van der Waals surface area contributed by atoms with E-state index in [0.29, 0.717) is 0 Å². The lowest BCUT2D eigenvalue weighted by atomic mass is 10.00. The quantitative estimate of drug-likeness (QED) is 0.835. The van der Waals surface area contributed by atoms with E-state index in [9.17, 15) is 4.79 Å². The number of halogens is 1. The molecule has 0 saturated carbocycles. The molecule has 1 unspecified atom stereocenters. The standard InChI is InChI=1S/C10H12BrNO2S/c1-15-9-3-2-6(4-8(9)11)7(5-12)10(13)14/h2-4,7H,5,12H2,1H3,(H,13,14). The van der Waals surface area contributed by atoms with Crippen LogP contribution in [0, 0.1) is 0 Å². The summed E-state index contributed by atoms with van der Waals surface area (Å²) in [5.74, 6) is -1.52. The van der Waals surface area contributed by atoms with E-state index in [1.807, 2.05) is 24.5 Å². The number of carboxylic acids is 1. The van der Waals surface area contributed by atoms with Crippen molar-refractivity contribution in [2.75, 3.05) is 12.8 Å². The van der Waals surface area contributed by atoms with Crippen molar-refractivity contribution in [3.63, 3.8) is 0 Å². The molecule has 0 spiro atoms. The summed E-state index contributed by atoms with van der Waals surface area (Å²) >= 11 is 5.01. The molecule has 0 bridgehead atoms. The number of hydrogen-bond acceptors (Lipinski definition) is 3. The number of thioether (sulfide) groups is 1. The van der Waals surface area contributed by atoms with Crippen molar-refractivity contribution in [3.05, 3.63) is 28.2 Å². The van der Waals surface area contributed by atoms with Gasteiger partial charge in [0.15, 0.2) is 0 Å². The zero-order valence-corrected chi connectivity index (χ0v) is 10.6. The molecule has 1 rings (SSSR count). The molecule has 0 radical (unpaired) electrons. The van der Waals surface area contributed by atoms with Crippen molar-refractivity contribution in [2.45, 2.75) is 10.8 Å². The molecule has 0 heterocycles. The van der Waals surface area contributed by atoms with Gasteiger partial charge in [-0.1, -0.05) is 6.07 Å². The summed E-state index contributed by atoms with van der Waals surface area (Å²) in [6.07, 6.45) is 1.97. The second kappa shape index (κ2) is 5.53. The predicted molar refractivity (Wildman–Crippen MR) is 65.4 cm³/mol. The van der Waals surface area contributed by atoms with Gasteiger partial charge < -0.3 is 10.8 Å². The number of benzene rings is 1. The third-order valence-electron chi connectivity index (χ3n) is 2.11. The molecular weight excluding hydrogens is 278 g/mol. The second-order valence-electron chi connectivity index (χ2n) is 3.02. The number of carbonyl (C=O) groups is 1. The minimum Gasteiger partial charge on any atom is -0.481 e. The predicted octanol–water partition coefficient (Wildman–Crippen LogP) is 2.30. The van der Waals surface area contributed by atoms with E-state index >= 15 is 0 Å². The van der Waals surface area contributed by atoms with Crippen LogP contribution in [0.3, 0.4) is 0 Å². The smallest absolute Gasteiger partial charge is 0.312 e. The molecular formula is C10H12BrNO2S. The fourth-order valence-corrected chi connectivity index (χ4v) is 2.62. The summed E-state index contributed by atoms with van der Waals surface area (Å²) in [5.41, 5.74) is 6.16. The largest absolute Gasteiger partial charge is 0.481 e. The van der Waals surface area contributed by atoms with Gasteiger partial charge in [0.2, 0.25) is 0 Å². The van der Waals surface area contributed by atoms with Gasteiger partial charge in [0.05, 0.1) is 5.92 Å². The van der Waals surface area contributed by atoms with Crippen molar-refractivity contribution in [1.29, 1.82) is 0 Å². The van der Waals surface area contributed by atoms with Gasteiger partial charge in [-0.05, 0) is 39.9 Å². The van der Waals surface area contributed by atoms with Crippen LogP contribution in [0.5, 0.6) is 0 Å². The molecule has 0 aliphatic carbocycles. The molecule has 0 saturated heterocycles. The molecule has 1 aromatic carbocycles. The topological polar surface area (TPSA) is 63.3 Å². The average molecular weight is 290 g/mol. The lowest BCUT2D eigenvalue weighted by Crippen LogP contribution is -2.21. The maximum atomic E-state index is 10.9. The average Bonchev–Trinajstić information content (AvgIpc) is 2.18. The van der Waals surface area contributed by atoms with Crippen LogP contribution in [0.2, 0.25) is 0 Å². The van der Waals surface area contributed by atoms with Gasteiger partial charge in [-0.2, -0.15) is 0 Å². The van der Waals surface area contributed by atoms with Crippen LogP contribution in [-0.4, -0.2) is 23.9 Å². The van der Waals surface area contributed by atoms with Gasteiger partial charge in [0.25, 0.3) is 0 Å². The van der Waals surface area contributed by atoms with Crippen molar-refractivity contribution in [3.8, 4) is 0 Å². The lowest BCUT2D eigenvalue weighted by molar-refractivity contribution is -0.138. The molecule has 15 heavy (non-hydrogen) atoms. The Morgan fingerprint density at radius 3 is 2.73 bits per heavy atom. The van der Waals surface area contributed by atoms with Crippen molar-refractivity contribution in [1.82, 2.24) is 0 Å². The van der Waals surface area contributed by atoms with Gasteiger partial charge in [-0.15, -0.1) is 11.8 Å². The Balaban J connectivity index is 3.05. The molecule has 0 amide bonds. The van der Waals surface area contributed by atoms with E-state index in [2.05, 4.69) is 15.9 Å². The van der Waals surface area contributed by atoms with Gasteiger partial charge >= 0.3 is 5.97 Å². The van der Waals surface area contributed by atoms with E-state index in [0.717, 1.165) is 14.9 Å². The van der Waals surface area contributed by atoms with Crippen LogP contribution in [0.15, 0.2) is 27.6 Å². The Morgan fingerprint density at radius 1 is 1.67 bits per heavy atom. The fraction of sp³-hybridized carbons (Fsp3) is 0.300. The summed E-state index contributed by atoms with van der Waals surface area (Å²) in [6.45, 7) is 0.111. The summed E-state index contributed by atoms with van der Waals surface area (Å²) < 4.78 is 0.909. The summed E-state index contributed by atoms with van der Waals surface area (Å²) in [4.78, 5) is 12.0. The molecule has 0 aliphatic heterocycles. The number of hydrogen-bond donors (Lipinski definition) is 2. The van der Waals surface area contributed by atoms with Crippen molar-refractivity contribution >= 4 is 33.7 Å². The SMILES string of the molecule is CSc1ccc(C(CN)C(=O)O)cc1Br. The molecule has 3 N–H and O–H groups in total. The van der Waals surface area contributed by atoms with Gasteiger partial charge in [-0.3, -0.25) is 4.79 Å². The van der Waals surface area contributed by atoms with Crippen LogP contribution in [-0.2, 0) is 4.79 Å². The zero-order valence-electron chi connectivity index (χ0n) is 8.24. The van der Waals surface area contributed by atoms with Gasteiger partial charge in [0.1, 0.15) is 0 Å². The maximum Gasteiger partial charge on any atom is 0.312 e. The molecule has 5 heteroatoms. The Hall–Kier alpha value is -0.520. The Morgan fingerprint density at radius 2 is 2.33 bits per heavy atom. The first-order valence-corrected chi connectivity index (χ1v) is 6.38. The maximum absolute atomic E-state index is 10.9. The third-order valence-corrected chi connectivity index (χ3v) is 3.83. The highest BCUT2D eigenvalue weighted by molar-refractivity contribution is 9.10. The monoisotopic (exact) mass is 289 g/mol. The number of aliphatic carboxylic acids is 1. The van der Waals surface area contributed by atoms with Crippen LogP contribution in [0.4, 0.5) is 0 Å². The molecule has 82 valence electrons. The minimum atomic E-state index is -0.888. The van der Waals surface area contributed by atoms with Crippen LogP contribution in [0.1, 0.15) is 11.5 Å². The lowest BCUT2D eigenvalue weighted by Gasteiger charge is -2.11. The molecule has 1 aromatic rings. The molecule has 3 nitrogen and oxygen atoms in total. The highest BCUT2D eigenvalue weighted by Crippen LogP contribution is 2.29. The summed E-state index contributed by atoms with van der Waals surface area (Å²) in [6, 6.07) is 5.52. The van der Waals surface area contributed by atoms with E-state index in [-0.39, 0.29) is 6.54 Å². The van der Waals surface area contributed by atoms with E-state index in [1.165, 1.54) is 0 Å². The first kappa shape index (κ1) is 12.5. The first-order chi connectivity index (χ1) is 7.10. The Labute approximate surface area is 101 Å². The van der Waals surface area contributed by atoms with E-state index < -0.39 is 11.9 Å². The highest BCUT2D eigenvalue weighted by atomic mass is 79.9. The molecule has 0 fully saturated rings. The normalized spacial score (nSPS) is 12.5. The van der Waals surface area contributed by atoms with Crippen molar-refractivity contribution < 1.29 is 9.90 Å². The second-order valence-corrected chi connectivity index (χ2v) is 4.72. The highest BCUT2D eigenvalue weighted by Gasteiger charge is 2.18. The number of nitrogens with two attached hydrogens (primary N) is 1. The number of carboxylic acid groups (broad SMARTS) is 1. The minimum absolute atomic E-state index is 0.111. The number of rotatable bonds is 4. The van der Waals surface area contributed by atoms with Crippen LogP contribution in [0.25, 0.3) is 0 Å². The molecule has 0 aromatic heterocycles. The van der Waals surface area contributed by atoms with Crippen LogP contribution >= 0.6 is 27.7 Å². The van der Waals surface area contributed by atoms with Crippen molar-refractivity contribution in [2.24, 2.45) is 5.73 Å². The summed E-state index contributed by atoms with van der Waals surface area (Å²) in [7, 11) is 0. The first-order valence-electron chi connectivity index (χ1n) is 4.36.